The van der Waals surface area contributed by atoms with Crippen molar-refractivity contribution in [3.8, 4) is 0 Å². The van der Waals surface area contributed by atoms with E-state index >= 15 is 0 Å². The van der Waals surface area contributed by atoms with Crippen molar-refractivity contribution in [2.75, 3.05) is 6.54 Å². The van der Waals surface area contributed by atoms with Crippen LogP contribution >= 0.6 is 11.6 Å². The number of primary amides is 1. The third kappa shape index (κ3) is 2.87. The van der Waals surface area contributed by atoms with Crippen molar-refractivity contribution in [3.63, 3.8) is 0 Å². The number of carboxylic acid groups (broad SMARTS) is 1. The maximum Gasteiger partial charge on any atom is 0.335 e. The normalized spacial score (nSPS) is 19.6. The van der Waals surface area contributed by atoms with Crippen molar-refractivity contribution in [2.45, 2.75) is 23.8 Å². The minimum absolute atomic E-state index is 0.119. The molecular formula is C12H13ClN2O5S. The lowest BCUT2D eigenvalue weighted by molar-refractivity contribution is -0.121. The number of sulfonamides is 1. The fraction of sp³-hybridized carbons (Fsp3) is 0.333. The van der Waals surface area contributed by atoms with Gasteiger partial charge in [-0.2, -0.15) is 4.31 Å². The van der Waals surface area contributed by atoms with Crippen LogP contribution in [0.2, 0.25) is 5.02 Å². The lowest BCUT2D eigenvalue weighted by Gasteiger charge is -2.22. The van der Waals surface area contributed by atoms with Gasteiger partial charge in [-0.05, 0) is 31.0 Å². The Labute approximate surface area is 126 Å². The van der Waals surface area contributed by atoms with Gasteiger partial charge in [0.15, 0.2) is 0 Å². The monoisotopic (exact) mass is 332 g/mol. The van der Waals surface area contributed by atoms with E-state index in [0.717, 1.165) is 22.5 Å². The van der Waals surface area contributed by atoms with E-state index in [4.69, 9.17) is 22.4 Å². The Bertz CT molecular complexity index is 704. The van der Waals surface area contributed by atoms with Crippen molar-refractivity contribution >= 4 is 33.5 Å². The summed E-state index contributed by atoms with van der Waals surface area (Å²) in [5, 5.41) is 8.65. The summed E-state index contributed by atoms with van der Waals surface area (Å²) >= 11 is 5.88. The van der Waals surface area contributed by atoms with E-state index in [9.17, 15) is 18.0 Å². The average Bonchev–Trinajstić information content (AvgIpc) is 2.88. The molecule has 0 aliphatic carbocycles. The second-order valence-corrected chi connectivity index (χ2v) is 6.89. The Morgan fingerprint density at radius 3 is 2.57 bits per heavy atom. The number of amides is 1. The first-order chi connectivity index (χ1) is 9.75. The number of nitrogens with two attached hydrogens (primary N) is 1. The second kappa shape index (κ2) is 5.63. The van der Waals surface area contributed by atoms with Gasteiger partial charge in [-0.1, -0.05) is 11.6 Å². The summed E-state index contributed by atoms with van der Waals surface area (Å²) in [4.78, 5) is 21.9. The Balaban J connectivity index is 2.45. The molecule has 21 heavy (non-hydrogen) atoms. The van der Waals surface area contributed by atoms with Gasteiger partial charge in [0.05, 0.1) is 10.6 Å². The number of carbonyl (C=O) groups is 2. The highest BCUT2D eigenvalue weighted by Crippen LogP contribution is 2.30. The third-order valence-corrected chi connectivity index (χ3v) is 5.69. The first-order valence-corrected chi connectivity index (χ1v) is 7.91. The van der Waals surface area contributed by atoms with Crippen molar-refractivity contribution in [1.29, 1.82) is 0 Å². The summed E-state index contributed by atoms with van der Waals surface area (Å²) in [6.07, 6.45) is 0.886. The summed E-state index contributed by atoms with van der Waals surface area (Å²) in [6.45, 7) is 0.174. The highest BCUT2D eigenvalue weighted by Gasteiger charge is 2.39. The van der Waals surface area contributed by atoms with Crippen molar-refractivity contribution in [3.05, 3.63) is 28.8 Å². The number of nitrogens with zero attached hydrogens (tertiary/aromatic N) is 1. The zero-order valence-corrected chi connectivity index (χ0v) is 12.4. The zero-order valence-electron chi connectivity index (χ0n) is 10.8. The van der Waals surface area contributed by atoms with Crippen LogP contribution in [0, 0.1) is 0 Å². The standard InChI is InChI=1S/C12H13ClN2O5S/c13-8-6-7(12(17)18)3-4-10(8)21(19,20)15-5-1-2-9(15)11(14)16/h3-4,6,9H,1-2,5H2,(H2,14,16)(H,17,18)/t9-/m1/s1. The van der Waals surface area contributed by atoms with Gasteiger partial charge in [-0.3, -0.25) is 4.79 Å². The lowest BCUT2D eigenvalue weighted by Crippen LogP contribution is -2.43. The number of rotatable bonds is 4. The van der Waals surface area contributed by atoms with E-state index < -0.39 is 27.9 Å². The third-order valence-electron chi connectivity index (χ3n) is 3.30. The Kier molecular flexibility index (Phi) is 4.22. The van der Waals surface area contributed by atoms with E-state index in [-0.39, 0.29) is 22.0 Å². The van der Waals surface area contributed by atoms with E-state index in [1.165, 1.54) is 0 Å². The van der Waals surface area contributed by atoms with Crippen LogP contribution in [0.4, 0.5) is 0 Å². The van der Waals surface area contributed by atoms with Gasteiger partial charge in [0.1, 0.15) is 10.9 Å². The predicted octanol–water partition coefficient (Wildman–Crippen LogP) is 0.677. The first kappa shape index (κ1) is 15.7. The average molecular weight is 333 g/mol. The largest absolute Gasteiger partial charge is 0.478 e. The molecule has 0 radical (unpaired) electrons. The van der Waals surface area contributed by atoms with Crippen molar-refractivity contribution in [2.24, 2.45) is 5.73 Å². The molecule has 1 heterocycles. The summed E-state index contributed by atoms with van der Waals surface area (Å²) in [5.41, 5.74) is 5.09. The molecule has 1 aliphatic rings. The number of benzene rings is 1. The van der Waals surface area contributed by atoms with Gasteiger partial charge in [0.2, 0.25) is 15.9 Å². The molecular weight excluding hydrogens is 320 g/mol. The van der Waals surface area contributed by atoms with Gasteiger partial charge in [0.25, 0.3) is 0 Å². The van der Waals surface area contributed by atoms with Crippen LogP contribution in [0.3, 0.4) is 0 Å². The minimum atomic E-state index is -4.00. The van der Waals surface area contributed by atoms with Crippen LogP contribution in [-0.4, -0.2) is 42.3 Å². The van der Waals surface area contributed by atoms with E-state index in [2.05, 4.69) is 0 Å². The predicted molar refractivity (Wildman–Crippen MR) is 74.5 cm³/mol. The zero-order chi connectivity index (χ0) is 15.8. The van der Waals surface area contributed by atoms with Crippen LogP contribution < -0.4 is 5.73 Å². The number of carboxylic acids is 1. The number of hydrogen-bond acceptors (Lipinski definition) is 4. The molecule has 0 aromatic heterocycles. The SMILES string of the molecule is NC(=O)[C@H]1CCCN1S(=O)(=O)c1ccc(C(=O)O)cc1Cl. The second-order valence-electron chi connectivity index (χ2n) is 4.63. The van der Waals surface area contributed by atoms with Gasteiger partial charge in [-0.15, -0.1) is 0 Å². The van der Waals surface area contributed by atoms with E-state index in [1.54, 1.807) is 0 Å². The molecule has 1 amide bonds. The highest BCUT2D eigenvalue weighted by molar-refractivity contribution is 7.89. The fourth-order valence-electron chi connectivity index (χ4n) is 2.28. The van der Waals surface area contributed by atoms with Gasteiger partial charge < -0.3 is 10.8 Å². The lowest BCUT2D eigenvalue weighted by atomic mass is 10.2. The molecule has 1 atom stereocenters. The fourth-order valence-corrected chi connectivity index (χ4v) is 4.47. The minimum Gasteiger partial charge on any atom is -0.478 e. The molecule has 0 spiro atoms. The molecule has 1 saturated heterocycles. The summed E-state index contributed by atoms with van der Waals surface area (Å²) in [6, 6.07) is 2.44. The molecule has 2 rings (SSSR count). The van der Waals surface area contributed by atoms with Crippen LogP contribution in [0.1, 0.15) is 23.2 Å². The molecule has 1 fully saturated rings. The Morgan fingerprint density at radius 2 is 2.05 bits per heavy atom. The number of aromatic carboxylic acids is 1. The maximum atomic E-state index is 12.5. The smallest absolute Gasteiger partial charge is 0.335 e. The molecule has 0 saturated carbocycles. The molecule has 9 heteroatoms. The Hall–Kier alpha value is -1.64. The van der Waals surface area contributed by atoms with Crippen molar-refractivity contribution in [1.82, 2.24) is 4.31 Å². The first-order valence-electron chi connectivity index (χ1n) is 6.09. The molecule has 1 aromatic rings. The summed E-state index contributed by atoms with van der Waals surface area (Å²) in [5.74, 6) is -1.92. The van der Waals surface area contributed by atoms with Gasteiger partial charge >= 0.3 is 5.97 Å². The number of hydrogen-bond donors (Lipinski definition) is 2. The van der Waals surface area contributed by atoms with Crippen LogP contribution in [0.5, 0.6) is 0 Å². The maximum absolute atomic E-state index is 12.5. The Morgan fingerprint density at radius 1 is 1.38 bits per heavy atom. The van der Waals surface area contributed by atoms with Crippen LogP contribution in [0.25, 0.3) is 0 Å². The van der Waals surface area contributed by atoms with Crippen molar-refractivity contribution < 1.29 is 23.1 Å². The van der Waals surface area contributed by atoms with Crippen LogP contribution in [0.15, 0.2) is 23.1 Å². The summed E-state index contributed by atoms with van der Waals surface area (Å²) < 4.78 is 26.1. The molecule has 1 aliphatic heterocycles. The molecule has 3 N–H and O–H groups in total. The molecule has 0 unspecified atom stereocenters. The van der Waals surface area contributed by atoms with Gasteiger partial charge in [-0.25, -0.2) is 13.2 Å². The molecule has 114 valence electrons. The van der Waals surface area contributed by atoms with Crippen LogP contribution in [-0.2, 0) is 14.8 Å². The molecule has 1 aromatic carbocycles. The molecule has 7 nitrogen and oxygen atoms in total. The highest BCUT2D eigenvalue weighted by atomic mass is 35.5. The number of halogens is 1. The summed E-state index contributed by atoms with van der Waals surface area (Å²) in [7, 11) is -4.00. The van der Waals surface area contributed by atoms with E-state index in [0.29, 0.717) is 12.8 Å². The molecule has 0 bridgehead atoms. The quantitative estimate of drug-likeness (QED) is 0.840. The topological polar surface area (TPSA) is 118 Å². The van der Waals surface area contributed by atoms with Gasteiger partial charge in [0, 0.05) is 6.54 Å². The number of carbonyl (C=O) groups excluding carboxylic acids is 1. The van der Waals surface area contributed by atoms with E-state index in [1.807, 2.05) is 0 Å².